The Morgan fingerprint density at radius 3 is 2.44 bits per heavy atom. The molecule has 0 fully saturated rings. The molecule has 2 aromatic carbocycles. The Hall–Kier alpha value is -2.70. The number of carbonyl (C=O) groups is 1. The van der Waals surface area contributed by atoms with Crippen LogP contribution in [0.3, 0.4) is 0 Å². The van der Waals surface area contributed by atoms with Gasteiger partial charge in [0.05, 0.1) is 24.8 Å². The van der Waals surface area contributed by atoms with Gasteiger partial charge in [-0.15, -0.1) is 0 Å². The van der Waals surface area contributed by atoms with Gasteiger partial charge in [-0.05, 0) is 24.3 Å². The number of rotatable bonds is 5. The van der Waals surface area contributed by atoms with Crippen LogP contribution < -0.4 is 15.0 Å². The van der Waals surface area contributed by atoms with Gasteiger partial charge in [-0.1, -0.05) is 18.2 Å². The molecule has 0 unspecified atom stereocenters. The molecule has 0 radical (unpaired) electrons. The maximum absolute atomic E-state index is 13.3. The SMILES string of the molecule is COc1ccccc1CC(=O)Nc1ccc(N(C)C)cc1C(F)(F)F. The number of hydrogen-bond donors (Lipinski definition) is 1. The Morgan fingerprint density at radius 1 is 1.16 bits per heavy atom. The second kappa shape index (κ2) is 7.46. The van der Waals surface area contributed by atoms with Gasteiger partial charge in [-0.2, -0.15) is 13.2 Å². The number of alkyl halides is 3. The lowest BCUT2D eigenvalue weighted by atomic mass is 10.1. The van der Waals surface area contributed by atoms with Crippen molar-refractivity contribution in [2.45, 2.75) is 12.6 Å². The Bertz CT molecular complexity index is 758. The largest absolute Gasteiger partial charge is 0.496 e. The van der Waals surface area contributed by atoms with Crippen molar-refractivity contribution < 1.29 is 22.7 Å². The molecule has 0 atom stereocenters. The molecule has 0 bridgehead atoms. The number of methoxy groups -OCH3 is 1. The average molecular weight is 352 g/mol. The van der Waals surface area contributed by atoms with Gasteiger partial charge in [-0.3, -0.25) is 4.79 Å². The van der Waals surface area contributed by atoms with Crippen LogP contribution >= 0.6 is 0 Å². The molecule has 0 aliphatic heterocycles. The van der Waals surface area contributed by atoms with Crippen molar-refractivity contribution in [3.05, 3.63) is 53.6 Å². The lowest BCUT2D eigenvalue weighted by Gasteiger charge is -2.19. The predicted molar refractivity (Wildman–Crippen MR) is 91.1 cm³/mol. The van der Waals surface area contributed by atoms with E-state index in [1.165, 1.54) is 19.2 Å². The van der Waals surface area contributed by atoms with E-state index in [4.69, 9.17) is 4.74 Å². The number of para-hydroxylation sites is 1. The fourth-order valence-corrected chi connectivity index (χ4v) is 2.37. The summed E-state index contributed by atoms with van der Waals surface area (Å²) in [5.74, 6) is -0.0377. The van der Waals surface area contributed by atoms with Crippen LogP contribution in [-0.2, 0) is 17.4 Å². The van der Waals surface area contributed by atoms with Gasteiger partial charge in [0.15, 0.2) is 0 Å². The first kappa shape index (κ1) is 18.6. The minimum atomic E-state index is -4.57. The van der Waals surface area contributed by atoms with Crippen molar-refractivity contribution in [1.29, 1.82) is 0 Å². The van der Waals surface area contributed by atoms with Gasteiger partial charge in [0, 0.05) is 25.3 Å². The first-order valence-electron chi connectivity index (χ1n) is 7.52. The van der Waals surface area contributed by atoms with E-state index in [1.54, 1.807) is 43.3 Å². The first-order valence-corrected chi connectivity index (χ1v) is 7.52. The monoisotopic (exact) mass is 352 g/mol. The first-order chi connectivity index (χ1) is 11.7. The fourth-order valence-electron chi connectivity index (χ4n) is 2.37. The van der Waals surface area contributed by atoms with Gasteiger partial charge >= 0.3 is 6.18 Å². The minimum absolute atomic E-state index is 0.0866. The lowest BCUT2D eigenvalue weighted by molar-refractivity contribution is -0.136. The highest BCUT2D eigenvalue weighted by Gasteiger charge is 2.34. The molecule has 4 nitrogen and oxygen atoms in total. The number of amides is 1. The predicted octanol–water partition coefficient (Wildman–Crippen LogP) is 3.96. The summed E-state index contributed by atoms with van der Waals surface area (Å²) < 4.78 is 45.0. The summed E-state index contributed by atoms with van der Waals surface area (Å²) in [5.41, 5.74) is -0.152. The third kappa shape index (κ3) is 4.65. The minimum Gasteiger partial charge on any atom is -0.496 e. The molecular weight excluding hydrogens is 333 g/mol. The van der Waals surface area contributed by atoms with Crippen molar-refractivity contribution in [2.24, 2.45) is 0 Å². The number of carbonyl (C=O) groups excluding carboxylic acids is 1. The van der Waals surface area contributed by atoms with Crippen LogP contribution in [-0.4, -0.2) is 27.1 Å². The molecule has 25 heavy (non-hydrogen) atoms. The Morgan fingerprint density at radius 2 is 1.84 bits per heavy atom. The summed E-state index contributed by atoms with van der Waals surface area (Å²) in [6.45, 7) is 0. The molecule has 0 aromatic heterocycles. The van der Waals surface area contributed by atoms with E-state index in [1.807, 2.05) is 0 Å². The molecule has 1 amide bonds. The standard InChI is InChI=1S/C18H19F3N2O2/c1-23(2)13-8-9-15(14(11-13)18(19,20)21)22-17(24)10-12-6-4-5-7-16(12)25-3/h4-9,11H,10H2,1-3H3,(H,22,24). The van der Waals surface area contributed by atoms with E-state index in [2.05, 4.69) is 5.32 Å². The van der Waals surface area contributed by atoms with Crippen LogP contribution in [0.4, 0.5) is 24.5 Å². The molecule has 2 aromatic rings. The number of ether oxygens (including phenoxy) is 1. The highest BCUT2D eigenvalue weighted by atomic mass is 19.4. The van der Waals surface area contributed by atoms with Gasteiger partial charge in [0.1, 0.15) is 5.75 Å². The van der Waals surface area contributed by atoms with Crippen LogP contribution in [0.15, 0.2) is 42.5 Å². The van der Waals surface area contributed by atoms with Crippen molar-refractivity contribution >= 4 is 17.3 Å². The quantitative estimate of drug-likeness (QED) is 0.886. The maximum Gasteiger partial charge on any atom is 0.418 e. The van der Waals surface area contributed by atoms with Crippen molar-refractivity contribution in [1.82, 2.24) is 0 Å². The molecule has 0 spiro atoms. The third-order valence-corrected chi connectivity index (χ3v) is 3.64. The van der Waals surface area contributed by atoms with E-state index >= 15 is 0 Å². The lowest BCUT2D eigenvalue weighted by Crippen LogP contribution is -2.19. The van der Waals surface area contributed by atoms with Crippen LogP contribution in [0.25, 0.3) is 0 Å². The van der Waals surface area contributed by atoms with Crippen LogP contribution in [0, 0.1) is 0 Å². The highest BCUT2D eigenvalue weighted by Crippen LogP contribution is 2.37. The average Bonchev–Trinajstić information content (AvgIpc) is 2.54. The molecule has 0 heterocycles. The maximum atomic E-state index is 13.3. The highest BCUT2D eigenvalue weighted by molar-refractivity contribution is 5.93. The zero-order chi connectivity index (χ0) is 18.6. The van der Waals surface area contributed by atoms with E-state index in [0.717, 1.165) is 6.07 Å². The normalized spacial score (nSPS) is 11.1. The molecule has 0 saturated heterocycles. The zero-order valence-corrected chi connectivity index (χ0v) is 14.1. The summed E-state index contributed by atoms with van der Waals surface area (Å²) in [6.07, 6.45) is -4.66. The van der Waals surface area contributed by atoms with Crippen LogP contribution in [0.2, 0.25) is 0 Å². The molecule has 2 rings (SSSR count). The zero-order valence-electron chi connectivity index (χ0n) is 14.1. The smallest absolute Gasteiger partial charge is 0.418 e. The second-order valence-electron chi connectivity index (χ2n) is 5.66. The number of anilines is 2. The molecule has 0 aliphatic rings. The topological polar surface area (TPSA) is 41.6 Å². The van der Waals surface area contributed by atoms with Gasteiger partial charge < -0.3 is 15.0 Å². The number of hydrogen-bond acceptors (Lipinski definition) is 3. The van der Waals surface area contributed by atoms with Gasteiger partial charge in [0.2, 0.25) is 5.91 Å². The number of benzene rings is 2. The summed E-state index contributed by atoms with van der Waals surface area (Å²) in [4.78, 5) is 13.8. The number of nitrogens with one attached hydrogen (secondary N) is 1. The van der Waals surface area contributed by atoms with Crippen LogP contribution in [0.1, 0.15) is 11.1 Å². The van der Waals surface area contributed by atoms with E-state index in [9.17, 15) is 18.0 Å². The Balaban J connectivity index is 2.25. The molecule has 7 heteroatoms. The Kier molecular flexibility index (Phi) is 5.56. The molecular formula is C18H19F3N2O2. The van der Waals surface area contributed by atoms with Gasteiger partial charge in [0.25, 0.3) is 0 Å². The third-order valence-electron chi connectivity index (χ3n) is 3.64. The molecule has 0 aliphatic carbocycles. The van der Waals surface area contributed by atoms with E-state index in [0.29, 0.717) is 17.0 Å². The van der Waals surface area contributed by atoms with E-state index < -0.39 is 17.6 Å². The Labute approximate surface area is 144 Å². The summed E-state index contributed by atoms with van der Waals surface area (Å²) in [5, 5.41) is 2.35. The van der Waals surface area contributed by atoms with Crippen LogP contribution in [0.5, 0.6) is 5.75 Å². The fraction of sp³-hybridized carbons (Fsp3) is 0.278. The molecule has 1 N–H and O–H groups in total. The molecule has 134 valence electrons. The number of halogens is 3. The molecule has 0 saturated carbocycles. The van der Waals surface area contributed by atoms with Crippen molar-refractivity contribution in [2.75, 3.05) is 31.4 Å². The second-order valence-corrected chi connectivity index (χ2v) is 5.66. The summed E-state index contributed by atoms with van der Waals surface area (Å²) in [7, 11) is 4.77. The van der Waals surface area contributed by atoms with Crippen molar-refractivity contribution in [3.8, 4) is 5.75 Å². The number of nitrogens with zero attached hydrogens (tertiary/aromatic N) is 1. The van der Waals surface area contributed by atoms with E-state index in [-0.39, 0.29) is 12.1 Å². The summed E-state index contributed by atoms with van der Waals surface area (Å²) >= 11 is 0. The summed E-state index contributed by atoms with van der Waals surface area (Å²) in [6, 6.07) is 10.7. The van der Waals surface area contributed by atoms with Crippen molar-refractivity contribution in [3.63, 3.8) is 0 Å². The van der Waals surface area contributed by atoms with Gasteiger partial charge in [-0.25, -0.2) is 0 Å².